The molecular formula is C23H28N4O4. The maximum Gasteiger partial charge on any atom is 0.410 e. The number of ether oxygens (including phenoxy) is 1. The molecule has 4 saturated carbocycles. The molecule has 2 heterocycles. The van der Waals surface area contributed by atoms with Gasteiger partial charge in [0.05, 0.1) is 22.5 Å². The molecule has 7 rings (SSSR count). The molecule has 31 heavy (non-hydrogen) atoms. The summed E-state index contributed by atoms with van der Waals surface area (Å²) in [5.74, 6) is 0.822. The smallest absolute Gasteiger partial charge is 0.410 e. The minimum atomic E-state index is -0.380. The molecule has 0 spiro atoms. The van der Waals surface area contributed by atoms with Gasteiger partial charge in [-0.15, -0.1) is 0 Å². The number of aromatic amines is 1. The van der Waals surface area contributed by atoms with E-state index in [1.807, 2.05) is 24.3 Å². The van der Waals surface area contributed by atoms with Crippen LogP contribution in [-0.2, 0) is 9.53 Å². The van der Waals surface area contributed by atoms with Gasteiger partial charge in [0.1, 0.15) is 6.10 Å². The fourth-order valence-electron chi connectivity index (χ4n) is 7.22. The van der Waals surface area contributed by atoms with Gasteiger partial charge in [-0.2, -0.15) is 0 Å². The van der Waals surface area contributed by atoms with Crippen molar-refractivity contribution in [1.82, 2.24) is 14.5 Å². The fraction of sp³-hybridized carbons (Fsp3) is 0.609. The van der Waals surface area contributed by atoms with Gasteiger partial charge in [-0.05, 0) is 68.4 Å². The number of H-pyrrole nitrogens is 1. The van der Waals surface area contributed by atoms with Crippen molar-refractivity contribution in [2.45, 2.75) is 50.7 Å². The molecule has 2 amide bonds. The molecule has 164 valence electrons. The van der Waals surface area contributed by atoms with Gasteiger partial charge >= 0.3 is 11.8 Å². The van der Waals surface area contributed by atoms with Gasteiger partial charge in [0.15, 0.2) is 0 Å². The number of hydrogen-bond donors (Lipinski definition) is 2. The van der Waals surface area contributed by atoms with Crippen LogP contribution in [0, 0.1) is 23.2 Å². The molecule has 2 unspecified atom stereocenters. The number of fused-ring (bicyclic) bond motifs is 1. The Balaban J connectivity index is 1.16. The minimum absolute atomic E-state index is 0.0622. The number of aromatic nitrogens is 2. The molecule has 2 aromatic rings. The van der Waals surface area contributed by atoms with Crippen LogP contribution in [0.2, 0.25) is 0 Å². The van der Waals surface area contributed by atoms with Gasteiger partial charge < -0.3 is 20.4 Å². The quantitative estimate of drug-likeness (QED) is 0.788. The van der Waals surface area contributed by atoms with Gasteiger partial charge in [-0.3, -0.25) is 9.36 Å². The van der Waals surface area contributed by atoms with Crippen molar-refractivity contribution >= 4 is 23.0 Å². The van der Waals surface area contributed by atoms with E-state index in [4.69, 9.17) is 10.5 Å². The number of carbonyl (C=O) groups is 2. The number of para-hydroxylation sites is 2. The number of nitrogens with one attached hydrogen (secondary N) is 1. The Labute approximate surface area is 179 Å². The second-order valence-electron chi connectivity index (χ2n) is 10.2. The van der Waals surface area contributed by atoms with E-state index in [1.54, 1.807) is 9.47 Å². The van der Waals surface area contributed by atoms with Crippen molar-refractivity contribution in [3.8, 4) is 0 Å². The SMILES string of the molecule is NC(=O)C12CC3CC(C1)C(OC(=O)N1CC[C@@H](n4c(=O)[nH]c5ccccc54)C1)C(C3)C2. The highest BCUT2D eigenvalue weighted by Crippen LogP contribution is 2.60. The highest BCUT2D eigenvalue weighted by molar-refractivity contribution is 5.81. The molecule has 1 aromatic carbocycles. The third-order valence-corrected chi connectivity index (χ3v) is 8.36. The summed E-state index contributed by atoms with van der Waals surface area (Å²) in [6.45, 7) is 1.04. The van der Waals surface area contributed by atoms with E-state index in [0.29, 0.717) is 19.0 Å². The minimum Gasteiger partial charge on any atom is -0.446 e. The van der Waals surface area contributed by atoms with Gasteiger partial charge in [-0.1, -0.05) is 12.1 Å². The first-order valence-electron chi connectivity index (χ1n) is 11.4. The van der Waals surface area contributed by atoms with Crippen LogP contribution >= 0.6 is 0 Å². The molecule has 1 aromatic heterocycles. The molecule has 3 atom stereocenters. The summed E-state index contributed by atoms with van der Waals surface area (Å²) < 4.78 is 7.82. The standard InChI is InChI=1S/C23H28N4O4/c24-20(28)23-9-13-7-14(10-23)19(15(8-13)11-23)31-22(30)26-6-5-16(12-26)27-18-4-2-1-3-17(18)25-21(27)29/h1-4,13-16,19H,5-12H2,(H2,24,28)(H,25,29)/t13?,14?,15?,16-,19?,23?/m1/s1. The van der Waals surface area contributed by atoms with Crippen LogP contribution in [0.25, 0.3) is 11.0 Å². The Kier molecular flexibility index (Phi) is 4.04. The number of primary amides is 1. The lowest BCUT2D eigenvalue weighted by Gasteiger charge is -2.58. The summed E-state index contributed by atoms with van der Waals surface area (Å²) in [5, 5.41) is 0. The second-order valence-corrected chi connectivity index (χ2v) is 10.2. The summed E-state index contributed by atoms with van der Waals surface area (Å²) in [4.78, 5) is 42.3. The lowest BCUT2D eigenvalue weighted by Crippen LogP contribution is -2.59. The highest BCUT2D eigenvalue weighted by atomic mass is 16.6. The molecule has 1 aliphatic heterocycles. The van der Waals surface area contributed by atoms with Gasteiger partial charge in [0.25, 0.3) is 0 Å². The van der Waals surface area contributed by atoms with E-state index in [0.717, 1.165) is 49.6 Å². The fourth-order valence-corrected chi connectivity index (χ4v) is 7.22. The van der Waals surface area contributed by atoms with E-state index in [9.17, 15) is 14.4 Å². The molecule has 3 N–H and O–H groups in total. The van der Waals surface area contributed by atoms with Gasteiger partial charge in [-0.25, -0.2) is 9.59 Å². The number of benzene rings is 1. The highest BCUT2D eigenvalue weighted by Gasteiger charge is 2.59. The second kappa shape index (κ2) is 6.61. The van der Waals surface area contributed by atoms with Gasteiger partial charge in [0, 0.05) is 13.1 Å². The normalized spacial score (nSPS) is 36.3. The summed E-state index contributed by atoms with van der Waals surface area (Å²) in [6, 6.07) is 7.57. The molecule has 4 aliphatic carbocycles. The zero-order valence-electron chi connectivity index (χ0n) is 17.5. The van der Waals surface area contributed by atoms with Gasteiger partial charge in [0.2, 0.25) is 5.91 Å². The van der Waals surface area contributed by atoms with Crippen molar-refractivity contribution in [2.75, 3.05) is 13.1 Å². The van der Waals surface area contributed by atoms with E-state index < -0.39 is 0 Å². The van der Waals surface area contributed by atoms with E-state index in [-0.39, 0.29) is 47.1 Å². The van der Waals surface area contributed by atoms with Crippen molar-refractivity contribution < 1.29 is 14.3 Å². The van der Waals surface area contributed by atoms with Crippen LogP contribution in [0.1, 0.15) is 44.6 Å². The molecule has 1 saturated heterocycles. The van der Waals surface area contributed by atoms with Crippen LogP contribution in [0.3, 0.4) is 0 Å². The average molecular weight is 425 g/mol. The molecular weight excluding hydrogens is 396 g/mol. The van der Waals surface area contributed by atoms with Crippen LogP contribution in [0.15, 0.2) is 29.1 Å². The van der Waals surface area contributed by atoms with Crippen LogP contribution in [0.5, 0.6) is 0 Å². The maximum atomic E-state index is 13.0. The van der Waals surface area contributed by atoms with E-state index in [2.05, 4.69) is 4.98 Å². The Morgan fingerprint density at radius 1 is 1.13 bits per heavy atom. The predicted molar refractivity (Wildman–Crippen MR) is 113 cm³/mol. The third kappa shape index (κ3) is 2.83. The van der Waals surface area contributed by atoms with Crippen molar-refractivity contribution in [2.24, 2.45) is 28.9 Å². The number of nitrogens with two attached hydrogens (primary N) is 1. The van der Waals surface area contributed by atoms with Crippen molar-refractivity contribution in [3.05, 3.63) is 34.7 Å². The largest absolute Gasteiger partial charge is 0.446 e. The molecule has 8 heteroatoms. The Hall–Kier alpha value is -2.77. The average Bonchev–Trinajstić information content (AvgIpc) is 3.33. The number of carbonyl (C=O) groups excluding carboxylic acids is 2. The molecule has 8 nitrogen and oxygen atoms in total. The van der Waals surface area contributed by atoms with Crippen LogP contribution < -0.4 is 11.4 Å². The van der Waals surface area contributed by atoms with Crippen molar-refractivity contribution in [1.29, 1.82) is 0 Å². The lowest BCUT2D eigenvalue weighted by atomic mass is 9.48. The number of nitrogens with zero attached hydrogens (tertiary/aromatic N) is 2. The monoisotopic (exact) mass is 424 g/mol. The Morgan fingerprint density at radius 3 is 2.61 bits per heavy atom. The topological polar surface area (TPSA) is 110 Å². The lowest BCUT2D eigenvalue weighted by molar-refractivity contribution is -0.161. The number of imidazole rings is 1. The number of likely N-dealkylation sites (tertiary alicyclic amines) is 1. The van der Waals surface area contributed by atoms with Crippen LogP contribution in [-0.4, -0.2) is 45.6 Å². The number of rotatable bonds is 3. The summed E-state index contributed by atoms with van der Waals surface area (Å²) in [6.07, 6.45) is 4.77. The summed E-state index contributed by atoms with van der Waals surface area (Å²) in [5.41, 5.74) is 6.92. The Morgan fingerprint density at radius 2 is 1.87 bits per heavy atom. The van der Waals surface area contributed by atoms with Crippen molar-refractivity contribution in [3.63, 3.8) is 0 Å². The molecule has 0 radical (unpaired) electrons. The first-order chi connectivity index (χ1) is 14.9. The molecule has 5 fully saturated rings. The molecule has 4 bridgehead atoms. The molecule has 5 aliphatic rings. The Bertz CT molecular complexity index is 1100. The van der Waals surface area contributed by atoms with E-state index >= 15 is 0 Å². The number of hydrogen-bond acceptors (Lipinski definition) is 4. The van der Waals surface area contributed by atoms with E-state index in [1.165, 1.54) is 0 Å². The first kappa shape index (κ1) is 19.0. The zero-order valence-corrected chi connectivity index (χ0v) is 17.5. The zero-order chi connectivity index (χ0) is 21.3. The first-order valence-corrected chi connectivity index (χ1v) is 11.4. The summed E-state index contributed by atoms with van der Waals surface area (Å²) in [7, 11) is 0. The predicted octanol–water partition coefficient (Wildman–Crippen LogP) is 2.39. The summed E-state index contributed by atoms with van der Waals surface area (Å²) >= 11 is 0. The number of amides is 2. The third-order valence-electron chi connectivity index (χ3n) is 8.36. The van der Waals surface area contributed by atoms with Crippen LogP contribution in [0.4, 0.5) is 4.79 Å². The maximum absolute atomic E-state index is 13.0.